The largest absolute Gasteiger partial charge is 0.466 e. The second-order valence-corrected chi connectivity index (χ2v) is 8.06. The van der Waals surface area contributed by atoms with Gasteiger partial charge in [0.1, 0.15) is 0 Å². The van der Waals surface area contributed by atoms with Crippen molar-refractivity contribution in [3.05, 3.63) is 0 Å². The minimum Gasteiger partial charge on any atom is -0.303 e. The smallest absolute Gasteiger partial charge is 0.303 e. The van der Waals surface area contributed by atoms with Gasteiger partial charge in [0.2, 0.25) is 0 Å². The molecule has 8 nitrogen and oxygen atoms in total. The lowest BCUT2D eigenvalue weighted by molar-refractivity contribution is 0.275. The lowest BCUT2D eigenvalue weighted by atomic mass is 15.8. The van der Waals surface area contributed by atoms with E-state index in [0.29, 0.717) is 0 Å². The van der Waals surface area contributed by atoms with Crippen molar-refractivity contribution in [1.82, 2.24) is 0 Å². The number of hydrogen-bond donors (Lipinski definition) is 5. The Morgan fingerprint density at radius 3 is 1.00 bits per heavy atom. The quantitative estimate of drug-likeness (QED) is 0.329. The molecule has 0 rings (SSSR count). The zero-order chi connectivity index (χ0) is 12.6. The summed E-state index contributed by atoms with van der Waals surface area (Å²) in [6.45, 7) is 0. The Labute approximate surface area is 94.7 Å². The minimum absolute atomic E-state index is 1.20. The van der Waals surface area contributed by atoms with Crippen LogP contribution >= 0.6 is 47.5 Å². The van der Waals surface area contributed by atoms with Crippen LogP contribution in [0.15, 0.2) is 0 Å². The predicted molar refractivity (Wildman–Crippen MR) is 52.9 cm³/mol. The first kappa shape index (κ1) is 20.7. The van der Waals surface area contributed by atoms with Crippen LogP contribution < -0.4 is 0 Å². The molecule has 0 bridgehead atoms. The summed E-state index contributed by atoms with van der Waals surface area (Å²) in [5.41, 5.74) is 0. The van der Waals surface area contributed by atoms with Gasteiger partial charge < -0.3 is 14.7 Å². The van der Waals surface area contributed by atoms with Gasteiger partial charge >= 0.3 is 18.2 Å². The summed E-state index contributed by atoms with van der Waals surface area (Å²) in [5.74, 6) is -1.20. The Hall–Kier alpha value is 1.28. The molecule has 0 atom stereocenters. The third-order valence-electron chi connectivity index (χ3n) is 0. The van der Waals surface area contributed by atoms with Crippen molar-refractivity contribution >= 4 is 57.9 Å². The molecule has 0 aliphatic rings. The molecule has 5 N–H and O–H groups in total. The van der Waals surface area contributed by atoms with Crippen LogP contribution in [0.1, 0.15) is 0 Å². The van der Waals surface area contributed by atoms with Gasteiger partial charge in [0.15, 0.2) is 5.98 Å². The molecule has 14 heavy (non-hydrogen) atoms. The Bertz CT molecular complexity index is 233. The fourth-order valence-corrected chi connectivity index (χ4v) is 0. The molecule has 0 aromatic heterocycles. The van der Waals surface area contributed by atoms with E-state index >= 15 is 0 Å². The molecule has 0 aliphatic heterocycles. The van der Waals surface area contributed by atoms with Crippen molar-refractivity contribution in [2.45, 2.75) is 0 Å². The molecule has 0 aromatic rings. The molecule has 0 saturated heterocycles. The zero-order valence-electron chi connectivity index (χ0n) is 5.90. The van der Waals surface area contributed by atoms with Crippen LogP contribution in [0.25, 0.3) is 0 Å². The van der Waals surface area contributed by atoms with E-state index in [-0.39, 0.29) is 0 Å². The average molecular weight is 333 g/mol. The number of halogens is 3. The van der Waals surface area contributed by atoms with Crippen molar-refractivity contribution in [3.63, 3.8) is 0 Å². The highest BCUT2D eigenvalue weighted by Gasteiger charge is 2.00. The van der Waals surface area contributed by atoms with Crippen LogP contribution in [0, 0.1) is 0 Å². The molecule has 0 unspecified atom stereocenters. The molecule has 0 heterocycles. The Balaban J connectivity index is -0.000000131. The molecular weight excluding hydrogens is 328 g/mol. The van der Waals surface area contributed by atoms with Crippen LogP contribution in [-0.2, 0) is 15.0 Å². The third kappa shape index (κ3) is 1220. The fraction of sp³-hybridized carbons (Fsp3) is 0. The normalized spacial score (nSPS) is 10.9. The van der Waals surface area contributed by atoms with Gasteiger partial charge in [-0.1, -0.05) is 33.7 Å². The average Bonchev–Trinajstić information content (AvgIpc) is 1.45. The molecule has 0 saturated carbocycles. The lowest BCUT2D eigenvalue weighted by Gasteiger charge is -1.82. The van der Waals surface area contributed by atoms with Gasteiger partial charge in [0.05, 0.1) is 0 Å². The standard InChI is InChI=1S/Cl3P.H3O4P.H2O4S/c1-4(2)3;2*1-5(2,3)4/h;(H3,1,2,3,4);(H2,1,2,3,4). The number of hydrogen-bond acceptors (Lipinski definition) is 3. The van der Waals surface area contributed by atoms with Crippen molar-refractivity contribution in [3.8, 4) is 0 Å². The first-order valence-corrected chi connectivity index (χ1v) is 9.01. The molecule has 0 spiro atoms. The van der Waals surface area contributed by atoms with E-state index in [1.165, 1.54) is 0 Å². The lowest BCUT2D eigenvalue weighted by Crippen LogP contribution is -1.89. The highest BCUT2D eigenvalue weighted by atomic mass is 36.0. The molecule has 0 fully saturated rings. The molecule has 0 aliphatic carbocycles. The Morgan fingerprint density at radius 1 is 1.00 bits per heavy atom. The summed E-state index contributed by atoms with van der Waals surface area (Å²) in [7, 11) is -9.31. The van der Waals surface area contributed by atoms with E-state index in [4.69, 9.17) is 70.5 Å². The van der Waals surface area contributed by atoms with E-state index in [0.717, 1.165) is 0 Å². The summed E-state index contributed by atoms with van der Waals surface area (Å²) in [4.78, 5) is 21.6. The van der Waals surface area contributed by atoms with Crippen LogP contribution in [0.4, 0.5) is 0 Å². The van der Waals surface area contributed by atoms with E-state index in [9.17, 15) is 0 Å². The predicted octanol–water partition coefficient (Wildman–Crippen LogP) is 1.35. The van der Waals surface area contributed by atoms with Gasteiger partial charge in [-0.05, 0) is 0 Å². The fourth-order valence-electron chi connectivity index (χ4n) is 0. The highest BCUT2D eigenvalue weighted by molar-refractivity contribution is 8.20. The first-order valence-electron chi connectivity index (χ1n) is 1.99. The monoisotopic (exact) mass is 332 g/mol. The van der Waals surface area contributed by atoms with E-state index < -0.39 is 24.2 Å². The number of phosphoric acid groups is 1. The van der Waals surface area contributed by atoms with E-state index in [1.54, 1.807) is 0 Å². The summed E-state index contributed by atoms with van der Waals surface area (Å²) >= 11 is 14.6. The van der Waals surface area contributed by atoms with Crippen molar-refractivity contribution in [1.29, 1.82) is 0 Å². The second kappa shape index (κ2) is 9.50. The molecule has 0 aromatic carbocycles. The minimum atomic E-state index is -4.67. The van der Waals surface area contributed by atoms with Crippen LogP contribution in [0.3, 0.4) is 0 Å². The Kier molecular flexibility index (Phi) is 14.0. The molecule has 14 heteroatoms. The van der Waals surface area contributed by atoms with E-state index in [1.807, 2.05) is 0 Å². The second-order valence-electron chi connectivity index (χ2n) is 1.15. The summed E-state index contributed by atoms with van der Waals surface area (Å²) < 4.78 is 40.5. The summed E-state index contributed by atoms with van der Waals surface area (Å²) in [6, 6.07) is 0. The van der Waals surface area contributed by atoms with Crippen LogP contribution in [-0.4, -0.2) is 32.2 Å². The van der Waals surface area contributed by atoms with Crippen molar-refractivity contribution < 1.29 is 36.8 Å². The summed E-state index contributed by atoms with van der Waals surface area (Å²) in [6.07, 6.45) is 0. The maximum Gasteiger partial charge on any atom is 0.466 e. The maximum atomic E-state index is 8.88. The van der Waals surface area contributed by atoms with Gasteiger partial charge in [-0.15, -0.1) is 0 Å². The SMILES string of the molecule is ClP(Cl)Cl.O=P(O)(O)O.O=S(=O)(O)O. The summed E-state index contributed by atoms with van der Waals surface area (Å²) in [5, 5.41) is 0. The van der Waals surface area contributed by atoms with E-state index in [2.05, 4.69) is 0 Å². The molecule has 90 valence electrons. The first-order chi connectivity index (χ1) is 5.73. The van der Waals surface area contributed by atoms with Gasteiger partial charge in [0.25, 0.3) is 0 Å². The molecule has 0 amide bonds. The molecule has 0 radical (unpaired) electrons. The van der Waals surface area contributed by atoms with Crippen molar-refractivity contribution in [2.24, 2.45) is 0 Å². The van der Waals surface area contributed by atoms with Crippen molar-refractivity contribution in [2.75, 3.05) is 0 Å². The third-order valence-corrected chi connectivity index (χ3v) is 0. The van der Waals surface area contributed by atoms with Gasteiger partial charge in [-0.25, -0.2) is 4.57 Å². The topological polar surface area (TPSA) is 152 Å². The van der Waals surface area contributed by atoms with Crippen LogP contribution in [0.5, 0.6) is 0 Å². The van der Waals surface area contributed by atoms with Gasteiger partial charge in [-0.3, -0.25) is 9.11 Å². The van der Waals surface area contributed by atoms with Gasteiger partial charge in [-0.2, -0.15) is 8.42 Å². The number of rotatable bonds is 0. The Morgan fingerprint density at radius 2 is 1.00 bits per heavy atom. The zero-order valence-corrected chi connectivity index (χ0v) is 10.8. The maximum absolute atomic E-state index is 8.88. The van der Waals surface area contributed by atoms with Gasteiger partial charge in [0, 0.05) is 0 Å². The highest BCUT2D eigenvalue weighted by Crippen LogP contribution is 2.51. The van der Waals surface area contributed by atoms with Crippen LogP contribution in [0.2, 0.25) is 0 Å². The molecular formula is H5Cl3O8P2S.